The van der Waals surface area contributed by atoms with Gasteiger partial charge in [0, 0.05) is 36.5 Å². The summed E-state index contributed by atoms with van der Waals surface area (Å²) < 4.78 is 5.43. The molecule has 1 aromatic heterocycles. The number of anilines is 1. The van der Waals surface area contributed by atoms with Crippen molar-refractivity contribution in [3.63, 3.8) is 0 Å². The second kappa shape index (κ2) is 10.3. The lowest BCUT2D eigenvalue weighted by Crippen LogP contribution is -2.28. The zero-order chi connectivity index (χ0) is 24.2. The van der Waals surface area contributed by atoms with E-state index in [0.717, 1.165) is 64.5 Å². The van der Waals surface area contributed by atoms with Gasteiger partial charge in [-0.2, -0.15) is 5.26 Å². The number of fused-ring (bicyclic) bond motifs is 1. The highest BCUT2D eigenvalue weighted by molar-refractivity contribution is 8.00. The molecule has 34 heavy (non-hydrogen) atoms. The minimum Gasteiger partial charge on any atom is -0.497 e. The smallest absolute Gasteiger partial charge is 0.234 e. The number of thioether (sulfide) groups is 1. The van der Waals surface area contributed by atoms with E-state index in [1.807, 2.05) is 50.2 Å². The van der Waals surface area contributed by atoms with E-state index >= 15 is 0 Å². The number of rotatable bonds is 6. The molecule has 2 heterocycles. The Kier molecular flexibility index (Phi) is 7.20. The van der Waals surface area contributed by atoms with Gasteiger partial charge in [0.2, 0.25) is 5.91 Å². The van der Waals surface area contributed by atoms with Crippen LogP contribution >= 0.6 is 11.8 Å². The summed E-state index contributed by atoms with van der Waals surface area (Å²) >= 11 is 1.31. The van der Waals surface area contributed by atoms with Crippen LogP contribution in [0.15, 0.2) is 47.5 Å². The second-order valence-electron chi connectivity index (χ2n) is 8.64. The summed E-state index contributed by atoms with van der Waals surface area (Å²) in [6.45, 7) is 5.64. The standard InChI is InChI=1S/C27H28N4O2S/c1-17-10-18(2)12-20(11-17)29-25(32)16-34-27-22(14-28)26(19-6-5-7-21(13-19)33-4)23-15-31(3)9-8-24(23)30-27/h5-7,10-13H,8-9,15-16H2,1-4H3,(H,29,32). The molecule has 0 fully saturated rings. The molecular weight excluding hydrogens is 444 g/mol. The van der Waals surface area contributed by atoms with Crippen LogP contribution in [0.1, 0.15) is 27.9 Å². The Hall–Kier alpha value is -3.34. The third kappa shape index (κ3) is 5.24. The predicted molar refractivity (Wildman–Crippen MR) is 136 cm³/mol. The molecule has 4 rings (SSSR count). The molecule has 3 aromatic rings. The maximum absolute atomic E-state index is 12.7. The van der Waals surface area contributed by atoms with Gasteiger partial charge >= 0.3 is 0 Å². The molecule has 0 aliphatic carbocycles. The van der Waals surface area contributed by atoms with Gasteiger partial charge in [-0.1, -0.05) is 30.0 Å². The number of hydrogen-bond acceptors (Lipinski definition) is 6. The van der Waals surface area contributed by atoms with Crippen LogP contribution in [0, 0.1) is 25.2 Å². The van der Waals surface area contributed by atoms with E-state index in [-0.39, 0.29) is 11.7 Å². The molecule has 0 atom stereocenters. The van der Waals surface area contributed by atoms with Crippen molar-refractivity contribution in [2.24, 2.45) is 0 Å². The van der Waals surface area contributed by atoms with E-state index in [2.05, 4.69) is 29.4 Å². The van der Waals surface area contributed by atoms with Crippen LogP contribution in [0.5, 0.6) is 5.75 Å². The molecule has 0 spiro atoms. The molecule has 0 bridgehead atoms. The van der Waals surface area contributed by atoms with Gasteiger partial charge in [-0.15, -0.1) is 0 Å². The molecule has 1 amide bonds. The van der Waals surface area contributed by atoms with E-state index < -0.39 is 0 Å². The second-order valence-corrected chi connectivity index (χ2v) is 9.60. The van der Waals surface area contributed by atoms with Crippen LogP contribution in [0.25, 0.3) is 11.1 Å². The predicted octanol–water partition coefficient (Wildman–Crippen LogP) is 4.96. The summed E-state index contributed by atoms with van der Waals surface area (Å²) in [6, 6.07) is 16.1. The van der Waals surface area contributed by atoms with Gasteiger partial charge in [-0.25, -0.2) is 4.98 Å². The Morgan fingerprint density at radius 1 is 1.24 bits per heavy atom. The van der Waals surface area contributed by atoms with Crippen molar-refractivity contribution in [1.82, 2.24) is 9.88 Å². The molecule has 1 aliphatic rings. The fourth-order valence-electron chi connectivity index (χ4n) is 4.35. The fourth-order valence-corrected chi connectivity index (χ4v) is 5.16. The minimum atomic E-state index is -0.124. The third-order valence-corrected chi connectivity index (χ3v) is 6.80. The van der Waals surface area contributed by atoms with Crippen molar-refractivity contribution >= 4 is 23.4 Å². The molecule has 7 heteroatoms. The summed E-state index contributed by atoms with van der Waals surface area (Å²) in [7, 11) is 3.71. The number of nitrogens with zero attached hydrogens (tertiary/aromatic N) is 3. The number of nitrogens with one attached hydrogen (secondary N) is 1. The minimum absolute atomic E-state index is 0.124. The largest absolute Gasteiger partial charge is 0.497 e. The number of aryl methyl sites for hydroxylation is 2. The van der Waals surface area contributed by atoms with E-state index in [0.29, 0.717) is 10.6 Å². The van der Waals surface area contributed by atoms with Crippen LogP contribution < -0.4 is 10.1 Å². The van der Waals surface area contributed by atoms with Crippen molar-refractivity contribution in [2.75, 3.05) is 31.8 Å². The maximum atomic E-state index is 12.7. The summed E-state index contributed by atoms with van der Waals surface area (Å²) in [4.78, 5) is 19.8. The Bertz CT molecular complexity index is 1260. The van der Waals surface area contributed by atoms with Gasteiger partial charge < -0.3 is 15.0 Å². The van der Waals surface area contributed by atoms with Crippen LogP contribution in [-0.4, -0.2) is 42.2 Å². The number of hydrogen-bond donors (Lipinski definition) is 1. The number of likely N-dealkylation sites (N-methyl/N-ethyl adjacent to an activating group) is 1. The Labute approximate surface area is 205 Å². The van der Waals surface area contributed by atoms with Crippen molar-refractivity contribution in [1.29, 1.82) is 5.26 Å². The average Bonchev–Trinajstić information content (AvgIpc) is 2.81. The quantitative estimate of drug-likeness (QED) is 0.511. The molecule has 1 aliphatic heterocycles. The first-order valence-corrected chi connectivity index (χ1v) is 12.2. The van der Waals surface area contributed by atoms with Crippen LogP contribution in [0.2, 0.25) is 0 Å². The Balaban J connectivity index is 1.67. The maximum Gasteiger partial charge on any atom is 0.234 e. The molecule has 0 radical (unpaired) electrons. The molecule has 2 aromatic carbocycles. The Morgan fingerprint density at radius 2 is 2.00 bits per heavy atom. The van der Waals surface area contributed by atoms with Crippen LogP contribution in [0.3, 0.4) is 0 Å². The first kappa shape index (κ1) is 23.8. The monoisotopic (exact) mass is 472 g/mol. The van der Waals surface area contributed by atoms with Gasteiger partial charge in [-0.05, 0) is 67.4 Å². The topological polar surface area (TPSA) is 78.2 Å². The molecule has 0 saturated heterocycles. The first-order valence-electron chi connectivity index (χ1n) is 11.2. The lowest BCUT2D eigenvalue weighted by molar-refractivity contribution is -0.113. The number of nitriles is 1. The summed E-state index contributed by atoms with van der Waals surface area (Å²) in [5.41, 5.74) is 7.35. The third-order valence-electron chi connectivity index (χ3n) is 5.82. The lowest BCUT2D eigenvalue weighted by Gasteiger charge is -2.28. The first-order chi connectivity index (χ1) is 16.4. The number of pyridine rings is 1. The normalized spacial score (nSPS) is 13.1. The molecule has 0 unspecified atom stereocenters. The number of ether oxygens (including phenoxy) is 1. The number of aromatic nitrogens is 1. The average molecular weight is 473 g/mol. The van der Waals surface area contributed by atoms with Gasteiger partial charge in [0.1, 0.15) is 16.8 Å². The van der Waals surface area contributed by atoms with E-state index in [1.165, 1.54) is 11.8 Å². The molecule has 6 nitrogen and oxygen atoms in total. The summed E-state index contributed by atoms with van der Waals surface area (Å²) in [5.74, 6) is 0.782. The molecule has 0 saturated carbocycles. The molecular formula is C27H28N4O2S. The number of benzene rings is 2. The van der Waals surface area contributed by atoms with Crippen molar-refractivity contribution < 1.29 is 9.53 Å². The van der Waals surface area contributed by atoms with E-state index in [1.54, 1.807) is 7.11 Å². The highest BCUT2D eigenvalue weighted by Crippen LogP contribution is 2.38. The number of methoxy groups -OCH3 is 1. The zero-order valence-corrected chi connectivity index (χ0v) is 20.8. The highest BCUT2D eigenvalue weighted by Gasteiger charge is 2.25. The van der Waals surface area contributed by atoms with E-state index in [4.69, 9.17) is 9.72 Å². The lowest BCUT2D eigenvalue weighted by atomic mass is 9.91. The SMILES string of the molecule is COc1cccc(-c2c(C#N)c(SCC(=O)Nc3cc(C)cc(C)c3)nc3c2CN(C)CC3)c1. The summed E-state index contributed by atoms with van der Waals surface area (Å²) in [5, 5.41) is 13.7. The van der Waals surface area contributed by atoms with Gasteiger partial charge in [0.25, 0.3) is 0 Å². The van der Waals surface area contributed by atoms with Gasteiger partial charge in [-0.3, -0.25) is 4.79 Å². The van der Waals surface area contributed by atoms with Gasteiger partial charge in [0.15, 0.2) is 0 Å². The van der Waals surface area contributed by atoms with E-state index in [9.17, 15) is 10.1 Å². The van der Waals surface area contributed by atoms with Crippen LogP contribution in [-0.2, 0) is 17.8 Å². The summed E-state index contributed by atoms with van der Waals surface area (Å²) in [6.07, 6.45) is 0.802. The van der Waals surface area contributed by atoms with Crippen molar-refractivity contribution in [3.05, 3.63) is 70.4 Å². The molecule has 1 N–H and O–H groups in total. The number of amides is 1. The van der Waals surface area contributed by atoms with Crippen LogP contribution in [0.4, 0.5) is 5.69 Å². The van der Waals surface area contributed by atoms with Crippen molar-refractivity contribution in [3.8, 4) is 22.9 Å². The van der Waals surface area contributed by atoms with Gasteiger partial charge in [0.05, 0.1) is 18.4 Å². The number of carbonyl (C=O) groups excluding carboxylic acids is 1. The molecule has 174 valence electrons. The Morgan fingerprint density at radius 3 is 2.71 bits per heavy atom. The highest BCUT2D eigenvalue weighted by atomic mass is 32.2. The number of carbonyl (C=O) groups is 1. The fraction of sp³-hybridized carbons (Fsp3) is 0.296. The van der Waals surface area contributed by atoms with Crippen molar-refractivity contribution in [2.45, 2.75) is 31.8 Å². The zero-order valence-electron chi connectivity index (χ0n) is 19.9.